The highest BCUT2D eigenvalue weighted by atomic mass is 16.5. The molecule has 0 unspecified atom stereocenters. The first-order valence-electron chi connectivity index (χ1n) is 9.32. The van der Waals surface area contributed by atoms with Crippen LogP contribution in [0.25, 0.3) is 0 Å². The monoisotopic (exact) mass is 387 g/mol. The molecule has 0 aliphatic heterocycles. The zero-order chi connectivity index (χ0) is 20.1. The molecule has 2 aromatic rings. The molecule has 2 aromatic heterocycles. The van der Waals surface area contributed by atoms with Crippen molar-refractivity contribution in [2.45, 2.75) is 38.1 Å². The molecule has 150 valence electrons. The number of methoxy groups -OCH3 is 2. The highest BCUT2D eigenvalue weighted by Crippen LogP contribution is 2.35. The minimum atomic E-state index is -0.589. The van der Waals surface area contributed by atoms with Gasteiger partial charge in [-0.05, 0) is 24.5 Å². The third-order valence-corrected chi connectivity index (χ3v) is 5.14. The summed E-state index contributed by atoms with van der Waals surface area (Å²) < 4.78 is 11.4. The van der Waals surface area contributed by atoms with Crippen LogP contribution >= 0.6 is 0 Å². The largest absolute Gasteiger partial charge is 0.495 e. The number of carbonyl (C=O) groups is 2. The van der Waals surface area contributed by atoms with Crippen molar-refractivity contribution in [1.82, 2.24) is 9.55 Å². The van der Waals surface area contributed by atoms with Crippen molar-refractivity contribution in [2.24, 2.45) is 5.92 Å². The maximum absolute atomic E-state index is 13.0. The van der Waals surface area contributed by atoms with Gasteiger partial charge in [0.15, 0.2) is 5.88 Å². The van der Waals surface area contributed by atoms with Gasteiger partial charge in [0.2, 0.25) is 5.91 Å². The van der Waals surface area contributed by atoms with E-state index in [0.717, 1.165) is 25.7 Å². The molecule has 8 nitrogen and oxygen atoms in total. The molecule has 0 saturated heterocycles. The Hall–Kier alpha value is -3.03. The number of esters is 1. The van der Waals surface area contributed by atoms with Crippen LogP contribution < -0.4 is 10.1 Å². The number of anilines is 1. The first-order valence-corrected chi connectivity index (χ1v) is 9.32. The van der Waals surface area contributed by atoms with E-state index in [4.69, 9.17) is 4.74 Å². The summed E-state index contributed by atoms with van der Waals surface area (Å²) in [6.45, 7) is 0. The molecule has 3 rings (SSSR count). The van der Waals surface area contributed by atoms with Crippen molar-refractivity contribution in [2.75, 3.05) is 19.5 Å². The van der Waals surface area contributed by atoms with E-state index in [1.54, 1.807) is 12.3 Å². The topological polar surface area (TPSA) is 103 Å². The molecular formula is C20H25N3O5. The van der Waals surface area contributed by atoms with Crippen LogP contribution in [-0.4, -0.2) is 40.8 Å². The Morgan fingerprint density at radius 3 is 2.64 bits per heavy atom. The molecule has 2 N–H and O–H groups in total. The lowest BCUT2D eigenvalue weighted by molar-refractivity contribution is -0.119. The minimum absolute atomic E-state index is 0.0241. The third-order valence-electron chi connectivity index (χ3n) is 5.14. The second kappa shape index (κ2) is 8.77. The summed E-state index contributed by atoms with van der Waals surface area (Å²) in [5, 5.41) is 13.1. The summed E-state index contributed by atoms with van der Waals surface area (Å²) in [6, 6.07) is 3.98. The Bertz CT molecular complexity index is 825. The predicted molar refractivity (Wildman–Crippen MR) is 102 cm³/mol. The van der Waals surface area contributed by atoms with E-state index in [-0.39, 0.29) is 11.8 Å². The smallest absolute Gasteiger partial charge is 0.339 e. The molecule has 0 aromatic carbocycles. The molecule has 1 fully saturated rings. The number of ether oxygens (including phenoxy) is 2. The first-order chi connectivity index (χ1) is 13.5. The van der Waals surface area contributed by atoms with E-state index in [0.29, 0.717) is 29.5 Å². The van der Waals surface area contributed by atoms with Crippen molar-refractivity contribution in [3.8, 4) is 11.6 Å². The molecule has 1 amide bonds. The number of nitrogens with zero attached hydrogens (tertiary/aromatic N) is 2. The summed E-state index contributed by atoms with van der Waals surface area (Å²) in [7, 11) is 2.81. The summed E-state index contributed by atoms with van der Waals surface area (Å²) in [5.41, 5.74) is 0.302. The van der Waals surface area contributed by atoms with E-state index >= 15 is 0 Å². The van der Waals surface area contributed by atoms with Gasteiger partial charge in [-0.15, -0.1) is 0 Å². The van der Waals surface area contributed by atoms with Crippen molar-refractivity contribution >= 4 is 17.7 Å². The fraction of sp³-hybridized carbons (Fsp3) is 0.450. The van der Waals surface area contributed by atoms with Crippen LogP contribution in [0.5, 0.6) is 11.6 Å². The molecule has 1 atom stereocenters. The Morgan fingerprint density at radius 1 is 1.32 bits per heavy atom. The summed E-state index contributed by atoms with van der Waals surface area (Å²) in [4.78, 5) is 28.6. The average molecular weight is 387 g/mol. The highest BCUT2D eigenvalue weighted by molar-refractivity contribution is 5.94. The van der Waals surface area contributed by atoms with Crippen molar-refractivity contribution < 1.29 is 24.2 Å². The van der Waals surface area contributed by atoms with Gasteiger partial charge in [-0.3, -0.25) is 4.79 Å². The van der Waals surface area contributed by atoms with Crippen molar-refractivity contribution in [3.05, 3.63) is 36.2 Å². The Balaban J connectivity index is 1.79. The Morgan fingerprint density at radius 2 is 2.07 bits per heavy atom. The van der Waals surface area contributed by atoms with Gasteiger partial charge < -0.3 is 24.5 Å². The Kier molecular flexibility index (Phi) is 6.18. The SMILES string of the molecule is COC(=O)c1ccc(NC(=O)[C@H](CC2CCCC2)n2cc(OC)cc2O)nc1. The van der Waals surface area contributed by atoms with Crippen LogP contribution in [-0.2, 0) is 9.53 Å². The van der Waals surface area contributed by atoms with E-state index in [1.165, 1.54) is 37.1 Å². The van der Waals surface area contributed by atoms with Crippen molar-refractivity contribution in [1.29, 1.82) is 0 Å². The lowest BCUT2D eigenvalue weighted by Crippen LogP contribution is -2.27. The maximum Gasteiger partial charge on any atom is 0.339 e. The summed E-state index contributed by atoms with van der Waals surface area (Å²) in [6.07, 6.45) is 8.08. The standard InChI is InChI=1S/C20H25N3O5/c1-27-15-10-18(24)23(12-15)16(9-13-5-3-4-6-13)19(25)22-17-8-7-14(11-21-17)20(26)28-2/h7-8,10-13,16,24H,3-6,9H2,1-2H3,(H,21,22,25)/t16-/m0/s1. The van der Waals surface area contributed by atoms with Gasteiger partial charge in [0, 0.05) is 12.3 Å². The number of amides is 1. The molecule has 1 aliphatic rings. The molecule has 1 saturated carbocycles. The maximum atomic E-state index is 13.0. The van der Waals surface area contributed by atoms with Crippen LogP contribution in [0.4, 0.5) is 5.82 Å². The lowest BCUT2D eigenvalue weighted by Gasteiger charge is -2.22. The minimum Gasteiger partial charge on any atom is -0.495 e. The second-order valence-corrected chi connectivity index (χ2v) is 6.96. The zero-order valence-electron chi connectivity index (χ0n) is 16.1. The number of aromatic nitrogens is 2. The number of rotatable bonds is 7. The van der Waals surface area contributed by atoms with Gasteiger partial charge in [-0.1, -0.05) is 25.7 Å². The van der Waals surface area contributed by atoms with E-state index < -0.39 is 12.0 Å². The van der Waals surface area contributed by atoms with Crippen LogP contribution in [0, 0.1) is 5.92 Å². The molecule has 0 bridgehead atoms. The fourth-order valence-electron chi connectivity index (χ4n) is 3.63. The van der Waals surface area contributed by atoms with Crippen LogP contribution in [0.1, 0.15) is 48.5 Å². The molecule has 1 aliphatic carbocycles. The molecule has 0 radical (unpaired) electrons. The van der Waals surface area contributed by atoms with Gasteiger partial charge in [-0.2, -0.15) is 0 Å². The Labute approximate surface area is 163 Å². The zero-order valence-corrected chi connectivity index (χ0v) is 16.1. The number of aromatic hydroxyl groups is 1. The number of hydrogen-bond donors (Lipinski definition) is 2. The van der Waals surface area contributed by atoms with Gasteiger partial charge in [0.25, 0.3) is 0 Å². The van der Waals surface area contributed by atoms with Crippen molar-refractivity contribution in [3.63, 3.8) is 0 Å². The number of pyridine rings is 1. The highest BCUT2D eigenvalue weighted by Gasteiger charge is 2.29. The van der Waals surface area contributed by atoms with E-state index in [9.17, 15) is 14.7 Å². The normalized spacial score (nSPS) is 15.2. The number of carbonyl (C=O) groups excluding carboxylic acids is 2. The first kappa shape index (κ1) is 19.7. The molecule has 0 spiro atoms. The second-order valence-electron chi connectivity index (χ2n) is 6.96. The quantitative estimate of drug-likeness (QED) is 0.708. The number of nitrogens with one attached hydrogen (secondary N) is 1. The van der Waals surface area contributed by atoms with Crippen LogP contribution in [0.2, 0.25) is 0 Å². The lowest BCUT2D eigenvalue weighted by atomic mass is 9.97. The number of hydrogen-bond acceptors (Lipinski definition) is 6. The third kappa shape index (κ3) is 4.44. The van der Waals surface area contributed by atoms with Crippen LogP contribution in [0.15, 0.2) is 30.6 Å². The van der Waals surface area contributed by atoms with Gasteiger partial charge in [0.05, 0.1) is 26.0 Å². The van der Waals surface area contributed by atoms with Gasteiger partial charge in [0.1, 0.15) is 17.6 Å². The van der Waals surface area contributed by atoms with E-state index in [1.807, 2.05) is 0 Å². The van der Waals surface area contributed by atoms with Gasteiger partial charge >= 0.3 is 5.97 Å². The molecule has 2 heterocycles. The molecule has 8 heteroatoms. The average Bonchev–Trinajstić information content (AvgIpc) is 3.35. The molecular weight excluding hydrogens is 362 g/mol. The summed E-state index contributed by atoms with van der Waals surface area (Å²) >= 11 is 0. The predicted octanol–water partition coefficient (Wildman–Crippen LogP) is 3.14. The molecule has 28 heavy (non-hydrogen) atoms. The van der Waals surface area contributed by atoms with Gasteiger partial charge in [-0.25, -0.2) is 9.78 Å². The van der Waals surface area contributed by atoms with E-state index in [2.05, 4.69) is 15.0 Å². The van der Waals surface area contributed by atoms with Crippen LogP contribution in [0.3, 0.4) is 0 Å². The summed E-state index contributed by atoms with van der Waals surface area (Å²) in [5.74, 6) is 0.449. The fourth-order valence-corrected chi connectivity index (χ4v) is 3.63.